The Morgan fingerprint density at radius 3 is 2.71 bits per heavy atom. The second-order valence-corrected chi connectivity index (χ2v) is 5.09. The molecule has 0 saturated heterocycles. The van der Waals surface area contributed by atoms with Crippen molar-refractivity contribution < 1.29 is 0 Å². The first-order valence-electron chi connectivity index (χ1n) is 6.77. The van der Waals surface area contributed by atoms with E-state index in [1.165, 1.54) is 0 Å². The first-order valence-corrected chi connectivity index (χ1v) is 6.77. The van der Waals surface area contributed by atoms with Gasteiger partial charge in [0, 0.05) is 11.6 Å². The van der Waals surface area contributed by atoms with Crippen LogP contribution in [-0.4, -0.2) is 4.57 Å². The number of rotatable bonds is 2. The van der Waals surface area contributed by atoms with Crippen LogP contribution in [0.3, 0.4) is 0 Å². The molecule has 0 aliphatic heterocycles. The first-order chi connectivity index (χ1) is 10.2. The maximum Gasteiger partial charge on any atom is 0.258 e. The van der Waals surface area contributed by atoms with Gasteiger partial charge in [-0.1, -0.05) is 24.3 Å². The lowest BCUT2D eigenvalue weighted by Crippen LogP contribution is -2.20. The smallest absolute Gasteiger partial charge is 0.258 e. The number of fused-ring (bicyclic) bond motifs is 1. The van der Waals surface area contributed by atoms with E-state index < -0.39 is 0 Å². The highest BCUT2D eigenvalue weighted by atomic mass is 16.1. The lowest BCUT2D eigenvalue weighted by molar-refractivity contribution is 0.763. The molecule has 3 aromatic rings. The summed E-state index contributed by atoms with van der Waals surface area (Å²) < 4.78 is 1.71. The van der Waals surface area contributed by atoms with Crippen LogP contribution in [0.2, 0.25) is 0 Å². The molecule has 0 spiro atoms. The fraction of sp³-hybridized carbons (Fsp3) is 0.111. The third kappa shape index (κ3) is 2.44. The maximum atomic E-state index is 12.5. The van der Waals surface area contributed by atoms with Crippen LogP contribution < -0.4 is 5.56 Å². The molecule has 0 radical (unpaired) electrons. The maximum absolute atomic E-state index is 12.5. The van der Waals surface area contributed by atoms with Gasteiger partial charge < -0.3 is 4.57 Å². The van der Waals surface area contributed by atoms with Crippen molar-refractivity contribution in [2.75, 3.05) is 0 Å². The summed E-state index contributed by atoms with van der Waals surface area (Å²) in [6.07, 6.45) is 1.82. The number of hydrogen-bond donors (Lipinski definition) is 0. The average molecular weight is 274 g/mol. The number of aromatic nitrogens is 1. The topological polar surface area (TPSA) is 45.8 Å². The van der Waals surface area contributed by atoms with Gasteiger partial charge in [-0.2, -0.15) is 5.26 Å². The second kappa shape index (κ2) is 5.26. The molecule has 0 atom stereocenters. The molecule has 1 aromatic heterocycles. The Hall–Kier alpha value is -2.86. The Morgan fingerprint density at radius 2 is 1.95 bits per heavy atom. The van der Waals surface area contributed by atoms with E-state index in [-0.39, 0.29) is 5.56 Å². The Labute approximate surface area is 122 Å². The van der Waals surface area contributed by atoms with Gasteiger partial charge in [0.1, 0.15) is 0 Å². The summed E-state index contributed by atoms with van der Waals surface area (Å²) in [4.78, 5) is 12.5. The van der Waals surface area contributed by atoms with Gasteiger partial charge >= 0.3 is 0 Å². The van der Waals surface area contributed by atoms with E-state index in [9.17, 15) is 4.79 Å². The van der Waals surface area contributed by atoms with Crippen molar-refractivity contribution in [1.29, 1.82) is 5.26 Å². The van der Waals surface area contributed by atoms with E-state index in [4.69, 9.17) is 5.26 Å². The molecule has 3 heteroatoms. The van der Waals surface area contributed by atoms with Gasteiger partial charge in [0.2, 0.25) is 0 Å². The fourth-order valence-electron chi connectivity index (χ4n) is 2.48. The highest BCUT2D eigenvalue weighted by Crippen LogP contribution is 2.13. The molecule has 0 unspecified atom stereocenters. The molecule has 21 heavy (non-hydrogen) atoms. The third-order valence-electron chi connectivity index (χ3n) is 3.70. The molecular formula is C18H14N2O. The predicted molar refractivity (Wildman–Crippen MR) is 83.2 cm³/mol. The molecule has 0 aliphatic carbocycles. The van der Waals surface area contributed by atoms with Crippen LogP contribution in [0.15, 0.2) is 59.5 Å². The van der Waals surface area contributed by atoms with Gasteiger partial charge in [-0.15, -0.1) is 0 Å². The normalized spacial score (nSPS) is 10.5. The summed E-state index contributed by atoms with van der Waals surface area (Å²) in [5.41, 5.74) is 2.72. The number of nitriles is 1. The lowest BCUT2D eigenvalue weighted by Gasteiger charge is -2.10. The van der Waals surface area contributed by atoms with Crippen molar-refractivity contribution in [2.24, 2.45) is 0 Å². The molecule has 0 bridgehead atoms. The zero-order chi connectivity index (χ0) is 14.8. The third-order valence-corrected chi connectivity index (χ3v) is 3.70. The minimum Gasteiger partial charge on any atom is -0.311 e. The van der Waals surface area contributed by atoms with Gasteiger partial charge in [-0.05, 0) is 47.7 Å². The van der Waals surface area contributed by atoms with E-state index in [0.29, 0.717) is 12.1 Å². The first kappa shape index (κ1) is 13.1. The Balaban J connectivity index is 2.05. The Morgan fingerprint density at radius 1 is 1.14 bits per heavy atom. The SMILES string of the molecule is Cc1cc(C#N)ccc1Cn1ccc2ccccc2c1=O. The van der Waals surface area contributed by atoms with E-state index in [2.05, 4.69) is 6.07 Å². The zero-order valence-electron chi connectivity index (χ0n) is 11.7. The minimum atomic E-state index is 0.0110. The van der Waals surface area contributed by atoms with E-state index in [1.54, 1.807) is 10.6 Å². The Bertz CT molecular complexity index is 916. The summed E-state index contributed by atoms with van der Waals surface area (Å²) >= 11 is 0. The molecule has 3 nitrogen and oxygen atoms in total. The van der Waals surface area contributed by atoms with Gasteiger partial charge in [0.05, 0.1) is 18.2 Å². The predicted octanol–water partition coefficient (Wildman–Crippen LogP) is 3.23. The van der Waals surface area contributed by atoms with Crippen molar-refractivity contribution in [2.45, 2.75) is 13.5 Å². The zero-order valence-corrected chi connectivity index (χ0v) is 11.7. The standard InChI is InChI=1S/C18H14N2O/c1-13-10-14(11-19)6-7-16(13)12-20-9-8-15-4-2-3-5-17(15)18(20)21/h2-10H,12H2,1H3. The molecular weight excluding hydrogens is 260 g/mol. The monoisotopic (exact) mass is 274 g/mol. The highest BCUT2D eigenvalue weighted by Gasteiger charge is 2.05. The largest absolute Gasteiger partial charge is 0.311 e. The summed E-state index contributed by atoms with van der Waals surface area (Å²) in [6.45, 7) is 2.48. The summed E-state index contributed by atoms with van der Waals surface area (Å²) in [6, 6.07) is 17.2. The summed E-state index contributed by atoms with van der Waals surface area (Å²) in [7, 11) is 0. The lowest BCUT2D eigenvalue weighted by atomic mass is 10.1. The van der Waals surface area contributed by atoms with Crippen molar-refractivity contribution in [1.82, 2.24) is 4.57 Å². The number of pyridine rings is 1. The summed E-state index contributed by atoms with van der Waals surface area (Å²) in [5.74, 6) is 0. The van der Waals surface area contributed by atoms with Gasteiger partial charge in [-0.25, -0.2) is 0 Å². The molecule has 102 valence electrons. The molecule has 0 aliphatic rings. The van der Waals surface area contributed by atoms with Gasteiger partial charge in [-0.3, -0.25) is 4.79 Å². The highest BCUT2D eigenvalue weighted by molar-refractivity contribution is 5.81. The number of hydrogen-bond acceptors (Lipinski definition) is 2. The van der Waals surface area contributed by atoms with E-state index >= 15 is 0 Å². The fourth-order valence-corrected chi connectivity index (χ4v) is 2.48. The van der Waals surface area contributed by atoms with Crippen LogP contribution in [-0.2, 0) is 6.54 Å². The van der Waals surface area contributed by atoms with Crippen LogP contribution in [0.5, 0.6) is 0 Å². The molecule has 1 heterocycles. The molecule has 2 aromatic carbocycles. The molecule has 0 fully saturated rings. The summed E-state index contributed by atoms with van der Waals surface area (Å²) in [5, 5.41) is 10.6. The van der Waals surface area contributed by atoms with Crippen LogP contribution in [0.1, 0.15) is 16.7 Å². The van der Waals surface area contributed by atoms with Gasteiger partial charge in [0.15, 0.2) is 0 Å². The van der Waals surface area contributed by atoms with Gasteiger partial charge in [0.25, 0.3) is 5.56 Å². The van der Waals surface area contributed by atoms with E-state index in [0.717, 1.165) is 21.9 Å². The molecule has 0 saturated carbocycles. The number of benzene rings is 2. The quantitative estimate of drug-likeness (QED) is 0.720. The number of nitrogens with zero attached hydrogens (tertiary/aromatic N) is 2. The van der Waals surface area contributed by atoms with Crippen LogP contribution in [0.4, 0.5) is 0 Å². The average Bonchev–Trinajstić information content (AvgIpc) is 2.52. The Kier molecular flexibility index (Phi) is 3.29. The van der Waals surface area contributed by atoms with Crippen molar-refractivity contribution >= 4 is 10.8 Å². The molecule has 0 amide bonds. The van der Waals surface area contributed by atoms with Crippen LogP contribution in [0, 0.1) is 18.3 Å². The van der Waals surface area contributed by atoms with Crippen molar-refractivity contribution in [3.8, 4) is 6.07 Å². The van der Waals surface area contributed by atoms with E-state index in [1.807, 2.05) is 55.6 Å². The van der Waals surface area contributed by atoms with Crippen LogP contribution in [0.25, 0.3) is 10.8 Å². The molecule has 0 N–H and O–H groups in total. The second-order valence-electron chi connectivity index (χ2n) is 5.09. The van der Waals surface area contributed by atoms with Crippen molar-refractivity contribution in [3.05, 3.63) is 81.8 Å². The molecule has 3 rings (SSSR count). The minimum absolute atomic E-state index is 0.0110. The van der Waals surface area contributed by atoms with Crippen LogP contribution >= 0.6 is 0 Å². The number of aryl methyl sites for hydroxylation is 1. The van der Waals surface area contributed by atoms with Crippen molar-refractivity contribution in [3.63, 3.8) is 0 Å².